The Morgan fingerprint density at radius 1 is 1.16 bits per heavy atom. The van der Waals surface area contributed by atoms with Gasteiger partial charge in [-0.05, 0) is 35.9 Å². The normalized spacial score (nSPS) is 11.1. The highest BCUT2D eigenvalue weighted by atomic mass is 35.5. The van der Waals surface area contributed by atoms with Crippen LogP contribution in [0.25, 0.3) is 16.6 Å². The summed E-state index contributed by atoms with van der Waals surface area (Å²) in [6.07, 6.45) is 1.91. The van der Waals surface area contributed by atoms with E-state index < -0.39 is 0 Å². The van der Waals surface area contributed by atoms with Crippen LogP contribution < -0.4 is 5.73 Å². The summed E-state index contributed by atoms with van der Waals surface area (Å²) >= 11 is 6.23. The van der Waals surface area contributed by atoms with Gasteiger partial charge >= 0.3 is 0 Å². The Morgan fingerprint density at radius 2 is 2.00 bits per heavy atom. The lowest BCUT2D eigenvalue weighted by Crippen LogP contribution is -1.95. The number of nitrogens with two attached hydrogens (primary N) is 1. The summed E-state index contributed by atoms with van der Waals surface area (Å²) in [4.78, 5) is 0. The second kappa shape index (κ2) is 4.61. The van der Waals surface area contributed by atoms with Crippen molar-refractivity contribution in [2.45, 2.75) is 6.61 Å². The van der Waals surface area contributed by atoms with Crippen LogP contribution in [0.4, 0.5) is 5.69 Å². The average Bonchev–Trinajstić information content (AvgIpc) is 2.85. The molecular weight excluding hydrogens is 260 g/mol. The first-order valence-corrected chi connectivity index (χ1v) is 6.31. The van der Waals surface area contributed by atoms with Crippen molar-refractivity contribution in [3.8, 4) is 5.69 Å². The molecule has 1 aromatic heterocycles. The molecule has 0 saturated heterocycles. The molecule has 0 aliphatic heterocycles. The largest absolute Gasteiger partial charge is 0.398 e. The fraction of sp³-hybridized carbons (Fsp3) is 0.0667. The molecule has 19 heavy (non-hydrogen) atoms. The number of nitrogens with zero attached hydrogens (tertiary/aromatic N) is 1. The third-order valence-corrected chi connectivity index (χ3v) is 3.52. The fourth-order valence-corrected chi connectivity index (χ4v) is 2.44. The number of benzene rings is 2. The van der Waals surface area contributed by atoms with E-state index in [0.717, 1.165) is 22.3 Å². The molecule has 1 heterocycles. The van der Waals surface area contributed by atoms with E-state index in [1.54, 1.807) is 12.1 Å². The number of anilines is 1. The van der Waals surface area contributed by atoms with E-state index in [2.05, 4.69) is 0 Å². The van der Waals surface area contributed by atoms with Gasteiger partial charge in [-0.15, -0.1) is 0 Å². The van der Waals surface area contributed by atoms with E-state index in [1.807, 2.05) is 41.1 Å². The molecule has 1 radical (unpaired) electrons. The van der Waals surface area contributed by atoms with Crippen LogP contribution in [0.15, 0.2) is 48.7 Å². The molecule has 3 nitrogen and oxygen atoms in total. The van der Waals surface area contributed by atoms with E-state index in [9.17, 15) is 5.11 Å². The molecular formula is C15H12ClN2O. The predicted octanol–water partition coefficient (Wildman–Crippen LogP) is 3.80. The summed E-state index contributed by atoms with van der Waals surface area (Å²) in [5.41, 5.74) is 9.17. The zero-order valence-corrected chi connectivity index (χ0v) is 10.9. The number of hydrogen-bond donors (Lipinski definition) is 1. The molecule has 0 fully saturated rings. The van der Waals surface area contributed by atoms with E-state index >= 15 is 0 Å². The van der Waals surface area contributed by atoms with Gasteiger partial charge in [0.2, 0.25) is 0 Å². The van der Waals surface area contributed by atoms with E-state index in [-0.39, 0.29) is 6.61 Å². The summed E-state index contributed by atoms with van der Waals surface area (Å²) in [6.45, 7) is -0.258. The molecule has 0 aliphatic carbocycles. The second-order valence-corrected chi connectivity index (χ2v) is 4.80. The number of fused-ring (bicyclic) bond motifs is 1. The number of rotatable bonds is 2. The van der Waals surface area contributed by atoms with Crippen molar-refractivity contribution in [1.29, 1.82) is 0 Å². The van der Waals surface area contributed by atoms with Crippen molar-refractivity contribution < 1.29 is 5.11 Å². The molecule has 3 rings (SSSR count). The maximum Gasteiger partial charge on any atom is 0.107 e. The molecule has 0 unspecified atom stereocenters. The molecule has 0 atom stereocenters. The minimum Gasteiger partial charge on any atom is -0.398 e. The SMILES string of the molecule is Nc1cccc2c1ccn2-c1cc(C[O])ccc1Cl. The maximum absolute atomic E-state index is 11.0. The lowest BCUT2D eigenvalue weighted by molar-refractivity contribution is 0.177. The summed E-state index contributed by atoms with van der Waals surface area (Å²) in [7, 11) is 0. The smallest absolute Gasteiger partial charge is 0.107 e. The first kappa shape index (κ1) is 12.1. The minimum atomic E-state index is -0.258. The van der Waals surface area contributed by atoms with Crippen LogP contribution in [0.3, 0.4) is 0 Å². The summed E-state index contributed by atoms with van der Waals surface area (Å²) in [6, 6.07) is 13.0. The van der Waals surface area contributed by atoms with Gasteiger partial charge in [0.1, 0.15) is 6.61 Å². The Bertz CT molecular complexity index is 749. The van der Waals surface area contributed by atoms with Gasteiger partial charge in [-0.3, -0.25) is 0 Å². The first-order valence-electron chi connectivity index (χ1n) is 5.93. The predicted molar refractivity (Wildman–Crippen MR) is 77.1 cm³/mol. The Labute approximate surface area is 115 Å². The molecule has 0 saturated carbocycles. The van der Waals surface area contributed by atoms with Crippen molar-refractivity contribution in [2.75, 3.05) is 5.73 Å². The Morgan fingerprint density at radius 3 is 2.79 bits per heavy atom. The van der Waals surface area contributed by atoms with Gasteiger partial charge < -0.3 is 10.3 Å². The number of aromatic nitrogens is 1. The number of hydrogen-bond acceptors (Lipinski definition) is 1. The van der Waals surface area contributed by atoms with Crippen LogP contribution >= 0.6 is 11.6 Å². The van der Waals surface area contributed by atoms with Gasteiger partial charge in [-0.2, -0.15) is 0 Å². The molecule has 0 amide bonds. The summed E-state index contributed by atoms with van der Waals surface area (Å²) in [5, 5.41) is 12.6. The number of nitrogen functional groups attached to an aromatic ring is 1. The zero-order valence-electron chi connectivity index (χ0n) is 10.1. The van der Waals surface area contributed by atoms with Crippen molar-refractivity contribution in [1.82, 2.24) is 4.57 Å². The van der Waals surface area contributed by atoms with Crippen molar-refractivity contribution in [3.63, 3.8) is 0 Å². The maximum atomic E-state index is 11.0. The lowest BCUT2D eigenvalue weighted by atomic mass is 10.2. The Balaban J connectivity index is 2.27. The lowest BCUT2D eigenvalue weighted by Gasteiger charge is -2.09. The van der Waals surface area contributed by atoms with Gasteiger partial charge in [-0.25, -0.2) is 5.11 Å². The third-order valence-electron chi connectivity index (χ3n) is 3.20. The van der Waals surface area contributed by atoms with Crippen LogP contribution in [0.5, 0.6) is 0 Å². The van der Waals surface area contributed by atoms with Crippen molar-refractivity contribution in [3.05, 3.63) is 59.2 Å². The number of halogens is 1. The first-order chi connectivity index (χ1) is 9.20. The topological polar surface area (TPSA) is 50.8 Å². The van der Waals surface area contributed by atoms with E-state index in [0.29, 0.717) is 10.6 Å². The van der Waals surface area contributed by atoms with Crippen LogP contribution in [-0.4, -0.2) is 4.57 Å². The Kier molecular flexibility index (Phi) is 2.93. The highest BCUT2D eigenvalue weighted by Gasteiger charge is 2.09. The monoisotopic (exact) mass is 271 g/mol. The van der Waals surface area contributed by atoms with Crippen LogP contribution in [0.2, 0.25) is 5.02 Å². The highest BCUT2D eigenvalue weighted by Crippen LogP contribution is 2.29. The minimum absolute atomic E-state index is 0.258. The average molecular weight is 272 g/mol. The zero-order chi connectivity index (χ0) is 13.4. The second-order valence-electron chi connectivity index (χ2n) is 4.40. The van der Waals surface area contributed by atoms with Crippen LogP contribution in [-0.2, 0) is 11.7 Å². The summed E-state index contributed by atoms with van der Waals surface area (Å²) < 4.78 is 1.95. The van der Waals surface area contributed by atoms with Gasteiger partial charge in [-0.1, -0.05) is 23.7 Å². The van der Waals surface area contributed by atoms with E-state index in [4.69, 9.17) is 17.3 Å². The van der Waals surface area contributed by atoms with Crippen LogP contribution in [0, 0.1) is 0 Å². The van der Waals surface area contributed by atoms with Crippen LogP contribution in [0.1, 0.15) is 5.56 Å². The summed E-state index contributed by atoms with van der Waals surface area (Å²) in [5.74, 6) is 0. The molecule has 4 heteroatoms. The van der Waals surface area contributed by atoms with Gasteiger partial charge in [0.15, 0.2) is 0 Å². The fourth-order valence-electron chi connectivity index (χ4n) is 2.23. The highest BCUT2D eigenvalue weighted by molar-refractivity contribution is 6.32. The quantitative estimate of drug-likeness (QED) is 0.708. The van der Waals surface area contributed by atoms with Gasteiger partial charge in [0.05, 0.1) is 16.2 Å². The molecule has 0 aliphatic rings. The van der Waals surface area contributed by atoms with Gasteiger partial charge in [0, 0.05) is 17.3 Å². The molecule has 2 N–H and O–H groups in total. The molecule has 2 aromatic carbocycles. The molecule has 3 aromatic rings. The van der Waals surface area contributed by atoms with Crippen molar-refractivity contribution >= 4 is 28.2 Å². The molecule has 95 valence electrons. The molecule has 0 spiro atoms. The van der Waals surface area contributed by atoms with Crippen molar-refractivity contribution in [2.24, 2.45) is 0 Å². The third kappa shape index (κ3) is 1.97. The standard InChI is InChI=1S/C15H12ClN2O/c16-12-5-4-10(9-19)8-15(12)18-7-6-11-13(17)2-1-3-14(11)18/h1-8H,9,17H2. The molecule has 0 bridgehead atoms. The van der Waals surface area contributed by atoms with E-state index in [1.165, 1.54) is 0 Å². The van der Waals surface area contributed by atoms with Gasteiger partial charge in [0.25, 0.3) is 0 Å². The Hall–Kier alpha value is -1.97.